The molecule has 0 unspecified atom stereocenters. The molecule has 8 nitrogen and oxygen atoms in total. The molecule has 0 spiro atoms. The molecule has 2 rings (SSSR count). The third-order valence-electron chi connectivity index (χ3n) is 3.44. The van der Waals surface area contributed by atoms with E-state index in [9.17, 15) is 8.78 Å². The molecule has 1 aromatic heterocycles. The normalized spacial score (nSPS) is 11.1. The van der Waals surface area contributed by atoms with E-state index in [-0.39, 0.29) is 36.3 Å². The zero-order valence-electron chi connectivity index (χ0n) is 15.9. The van der Waals surface area contributed by atoms with Gasteiger partial charge in [-0.15, -0.1) is 24.0 Å². The van der Waals surface area contributed by atoms with Gasteiger partial charge in [0.2, 0.25) is 5.89 Å². The van der Waals surface area contributed by atoms with Crippen molar-refractivity contribution in [1.82, 2.24) is 20.8 Å². The topological polar surface area (TPSA) is 93.8 Å². The third kappa shape index (κ3) is 7.82. The standard InChI is InChI=1S/C17H23F2N5O3.HI/c1-4-20-17(21-8-7-15-23-11(2)24-27-15)22-10-12-9-13(25-3)5-6-14(12)26-16(18)19;/h5-6,9,16H,4,7-8,10H2,1-3H3,(H2,20,21,22);1H. The second kappa shape index (κ2) is 12.3. The number of nitrogens with one attached hydrogen (secondary N) is 2. The van der Waals surface area contributed by atoms with E-state index in [4.69, 9.17) is 9.26 Å². The zero-order chi connectivity index (χ0) is 19.6. The molecule has 156 valence electrons. The Balaban J connectivity index is 0.00000392. The highest BCUT2D eigenvalue weighted by Crippen LogP contribution is 2.26. The van der Waals surface area contributed by atoms with E-state index in [0.29, 0.717) is 48.5 Å². The molecule has 2 aromatic rings. The second-order valence-electron chi connectivity index (χ2n) is 5.46. The van der Waals surface area contributed by atoms with E-state index in [1.165, 1.54) is 13.2 Å². The highest BCUT2D eigenvalue weighted by atomic mass is 127. The fraction of sp³-hybridized carbons (Fsp3) is 0.471. The van der Waals surface area contributed by atoms with Crippen molar-refractivity contribution in [1.29, 1.82) is 0 Å². The van der Waals surface area contributed by atoms with Gasteiger partial charge in [-0.2, -0.15) is 13.8 Å². The Labute approximate surface area is 179 Å². The summed E-state index contributed by atoms with van der Waals surface area (Å²) in [7, 11) is 1.50. The van der Waals surface area contributed by atoms with Gasteiger partial charge < -0.3 is 24.6 Å². The van der Waals surface area contributed by atoms with Crippen LogP contribution in [0, 0.1) is 6.92 Å². The first kappa shape index (κ1) is 23.9. The molecule has 0 atom stereocenters. The van der Waals surface area contributed by atoms with Crippen LogP contribution in [0.5, 0.6) is 11.5 Å². The molecule has 11 heteroatoms. The molecule has 0 aliphatic rings. The average molecular weight is 511 g/mol. The fourth-order valence-electron chi connectivity index (χ4n) is 2.25. The Morgan fingerprint density at radius 2 is 2.11 bits per heavy atom. The molecule has 28 heavy (non-hydrogen) atoms. The molecule has 1 heterocycles. The molecule has 0 amide bonds. The van der Waals surface area contributed by atoms with Crippen LogP contribution in [0.25, 0.3) is 0 Å². The van der Waals surface area contributed by atoms with E-state index in [1.807, 2.05) is 6.92 Å². The molecular weight excluding hydrogens is 487 g/mol. The number of nitrogens with zero attached hydrogens (tertiary/aromatic N) is 3. The average Bonchev–Trinajstić information content (AvgIpc) is 3.05. The van der Waals surface area contributed by atoms with E-state index in [0.717, 1.165) is 0 Å². The zero-order valence-corrected chi connectivity index (χ0v) is 18.2. The first-order chi connectivity index (χ1) is 13.0. The number of aliphatic imine (C=N–C) groups is 1. The predicted molar refractivity (Wildman–Crippen MR) is 111 cm³/mol. The summed E-state index contributed by atoms with van der Waals surface area (Å²) in [5, 5.41) is 9.94. The van der Waals surface area contributed by atoms with Gasteiger partial charge in [0.25, 0.3) is 0 Å². The summed E-state index contributed by atoms with van der Waals surface area (Å²) in [5.74, 6) is 2.23. The van der Waals surface area contributed by atoms with Gasteiger partial charge in [0.05, 0.1) is 13.7 Å². The summed E-state index contributed by atoms with van der Waals surface area (Å²) in [6.45, 7) is 2.06. The number of hydrogen-bond acceptors (Lipinski definition) is 6. The second-order valence-corrected chi connectivity index (χ2v) is 5.46. The Morgan fingerprint density at radius 3 is 2.71 bits per heavy atom. The highest BCUT2D eigenvalue weighted by molar-refractivity contribution is 14.0. The maximum Gasteiger partial charge on any atom is 0.387 e. The van der Waals surface area contributed by atoms with Crippen molar-refractivity contribution in [3.63, 3.8) is 0 Å². The number of aryl methyl sites for hydroxylation is 1. The van der Waals surface area contributed by atoms with E-state index in [2.05, 4.69) is 30.5 Å². The lowest BCUT2D eigenvalue weighted by molar-refractivity contribution is -0.0504. The largest absolute Gasteiger partial charge is 0.497 e. The van der Waals surface area contributed by atoms with Crippen LogP contribution < -0.4 is 20.1 Å². The van der Waals surface area contributed by atoms with Gasteiger partial charge in [0, 0.05) is 25.1 Å². The lowest BCUT2D eigenvalue weighted by atomic mass is 10.2. The minimum atomic E-state index is -2.91. The maximum absolute atomic E-state index is 12.6. The summed E-state index contributed by atoms with van der Waals surface area (Å²) in [6.07, 6.45) is 0.532. The van der Waals surface area contributed by atoms with Crippen LogP contribution in [0.4, 0.5) is 8.78 Å². The van der Waals surface area contributed by atoms with Gasteiger partial charge >= 0.3 is 6.61 Å². The van der Waals surface area contributed by atoms with Gasteiger partial charge in [-0.05, 0) is 32.0 Å². The number of ether oxygens (including phenoxy) is 2. The number of alkyl halides is 2. The van der Waals surface area contributed by atoms with Crippen LogP contribution in [0.3, 0.4) is 0 Å². The van der Waals surface area contributed by atoms with Crippen LogP contribution in [0.1, 0.15) is 24.2 Å². The number of guanidine groups is 1. The molecule has 1 aromatic carbocycles. The van der Waals surface area contributed by atoms with Crippen LogP contribution in [0.2, 0.25) is 0 Å². The van der Waals surface area contributed by atoms with Gasteiger partial charge in [-0.25, -0.2) is 4.99 Å². The van der Waals surface area contributed by atoms with Gasteiger partial charge in [-0.1, -0.05) is 5.16 Å². The third-order valence-corrected chi connectivity index (χ3v) is 3.44. The molecule has 0 aliphatic heterocycles. The van der Waals surface area contributed by atoms with Crippen molar-refractivity contribution < 1.29 is 22.8 Å². The SMILES string of the molecule is CCNC(=NCc1cc(OC)ccc1OC(F)F)NCCc1nc(C)no1.I. The molecule has 0 saturated carbocycles. The summed E-state index contributed by atoms with van der Waals surface area (Å²) in [4.78, 5) is 8.54. The van der Waals surface area contributed by atoms with Crippen LogP contribution >= 0.6 is 24.0 Å². The van der Waals surface area contributed by atoms with Gasteiger partial charge in [-0.3, -0.25) is 0 Å². The van der Waals surface area contributed by atoms with Crippen molar-refractivity contribution >= 4 is 29.9 Å². The number of hydrogen-bond donors (Lipinski definition) is 2. The molecule has 0 radical (unpaired) electrons. The number of methoxy groups -OCH3 is 1. The molecule has 0 bridgehead atoms. The number of halogens is 3. The molecule has 0 fully saturated rings. The van der Waals surface area contributed by atoms with E-state index >= 15 is 0 Å². The predicted octanol–water partition coefficient (Wildman–Crippen LogP) is 2.90. The number of benzene rings is 1. The van der Waals surface area contributed by atoms with Crippen LogP contribution in [-0.2, 0) is 13.0 Å². The smallest absolute Gasteiger partial charge is 0.387 e. The number of rotatable bonds is 9. The van der Waals surface area contributed by atoms with Gasteiger partial charge in [0.1, 0.15) is 11.5 Å². The highest BCUT2D eigenvalue weighted by Gasteiger charge is 2.11. The fourth-order valence-corrected chi connectivity index (χ4v) is 2.25. The van der Waals surface area contributed by atoms with Crippen molar-refractivity contribution in [2.24, 2.45) is 4.99 Å². The monoisotopic (exact) mass is 511 g/mol. The molecule has 2 N–H and O–H groups in total. The van der Waals surface area contributed by atoms with Crippen LogP contribution in [0.15, 0.2) is 27.7 Å². The molecule has 0 aliphatic carbocycles. The van der Waals surface area contributed by atoms with Crippen LogP contribution in [-0.4, -0.2) is 42.9 Å². The minimum absolute atomic E-state index is 0. The molecule has 0 saturated heterocycles. The lowest BCUT2D eigenvalue weighted by Gasteiger charge is -2.13. The molecular formula is C17H24F2IN5O3. The Kier molecular flexibility index (Phi) is 10.5. The summed E-state index contributed by atoms with van der Waals surface area (Å²) >= 11 is 0. The Morgan fingerprint density at radius 1 is 1.32 bits per heavy atom. The first-order valence-electron chi connectivity index (χ1n) is 8.45. The van der Waals surface area contributed by atoms with Gasteiger partial charge in [0.15, 0.2) is 11.8 Å². The summed E-state index contributed by atoms with van der Waals surface area (Å²) < 4.78 is 39.9. The minimum Gasteiger partial charge on any atom is -0.497 e. The Hall–Kier alpha value is -2.18. The summed E-state index contributed by atoms with van der Waals surface area (Å²) in [6, 6.07) is 4.61. The van der Waals surface area contributed by atoms with Crippen molar-refractivity contribution in [3.8, 4) is 11.5 Å². The van der Waals surface area contributed by atoms with Crippen molar-refractivity contribution in [3.05, 3.63) is 35.5 Å². The quantitative estimate of drug-likeness (QED) is 0.304. The number of aromatic nitrogens is 2. The van der Waals surface area contributed by atoms with E-state index in [1.54, 1.807) is 19.1 Å². The maximum atomic E-state index is 12.6. The van der Waals surface area contributed by atoms with Crippen molar-refractivity contribution in [2.45, 2.75) is 33.4 Å². The first-order valence-corrected chi connectivity index (χ1v) is 8.45. The van der Waals surface area contributed by atoms with Crippen molar-refractivity contribution in [2.75, 3.05) is 20.2 Å². The van der Waals surface area contributed by atoms with E-state index < -0.39 is 6.61 Å². The lowest BCUT2D eigenvalue weighted by Crippen LogP contribution is -2.38. The Bertz CT molecular complexity index is 758. The summed E-state index contributed by atoms with van der Waals surface area (Å²) in [5.41, 5.74) is 0.486.